The van der Waals surface area contributed by atoms with E-state index in [0.29, 0.717) is 11.4 Å². The maximum absolute atomic E-state index is 5.81. The van der Waals surface area contributed by atoms with Gasteiger partial charge in [-0.05, 0) is 22.6 Å². The van der Waals surface area contributed by atoms with Crippen LogP contribution in [0.25, 0.3) is 17.0 Å². The van der Waals surface area contributed by atoms with Gasteiger partial charge in [-0.2, -0.15) is 0 Å². The summed E-state index contributed by atoms with van der Waals surface area (Å²) < 4.78 is 7.35. The van der Waals surface area contributed by atoms with Crippen LogP contribution in [0.15, 0.2) is 59.1 Å². The second-order valence-corrected chi connectivity index (χ2v) is 4.09. The van der Waals surface area contributed by atoms with Crippen molar-refractivity contribution in [3.8, 4) is 11.5 Å². The predicted molar refractivity (Wildman–Crippen MR) is 68.8 cm³/mol. The molecular weight excluding hydrogens is 224 g/mol. The molecule has 0 N–H and O–H groups in total. The summed E-state index contributed by atoms with van der Waals surface area (Å²) in [5.41, 5.74) is 2.74. The zero-order chi connectivity index (χ0) is 12.4. The predicted octanol–water partition coefficient (Wildman–Crippen LogP) is 1.94. The minimum Gasteiger partial charge on any atom is -0.377 e. The molecule has 0 fully saturated rings. The SMILES string of the molecule is C=[n+]1nc(-c2ccccc2)o/c1=C1\C=CC=CC1. The molecule has 0 aliphatic heterocycles. The molecule has 0 saturated heterocycles. The topological polar surface area (TPSA) is 31.9 Å². The van der Waals surface area contributed by atoms with Crippen LogP contribution >= 0.6 is 0 Å². The molecule has 0 unspecified atom stereocenters. The van der Waals surface area contributed by atoms with Gasteiger partial charge in [0.15, 0.2) is 6.72 Å². The van der Waals surface area contributed by atoms with Gasteiger partial charge in [-0.3, -0.25) is 0 Å². The summed E-state index contributed by atoms with van der Waals surface area (Å²) >= 11 is 0. The Hall–Kier alpha value is -2.42. The molecule has 0 saturated carbocycles. The van der Waals surface area contributed by atoms with Crippen LogP contribution in [0.1, 0.15) is 6.42 Å². The van der Waals surface area contributed by atoms with Crippen LogP contribution < -0.4 is 9.90 Å². The molecular formula is C15H13N2O+. The molecule has 88 valence electrons. The molecule has 1 aromatic heterocycles. The maximum Gasteiger partial charge on any atom is 0.409 e. The number of allylic oxidation sites excluding steroid dienone is 4. The summed E-state index contributed by atoms with van der Waals surface area (Å²) in [5, 5.41) is 4.32. The summed E-state index contributed by atoms with van der Waals surface area (Å²) in [4.78, 5) is 0. The van der Waals surface area contributed by atoms with Crippen LogP contribution in [0.2, 0.25) is 0 Å². The Morgan fingerprint density at radius 3 is 2.72 bits per heavy atom. The fourth-order valence-electron chi connectivity index (χ4n) is 1.92. The van der Waals surface area contributed by atoms with E-state index in [1.807, 2.05) is 48.6 Å². The smallest absolute Gasteiger partial charge is 0.377 e. The maximum atomic E-state index is 5.81. The molecule has 0 atom stereocenters. The van der Waals surface area contributed by atoms with Gasteiger partial charge in [-0.25, -0.2) is 0 Å². The summed E-state index contributed by atoms with van der Waals surface area (Å²) in [6.45, 7) is 3.87. The van der Waals surface area contributed by atoms with Crippen molar-refractivity contribution < 1.29 is 8.77 Å². The highest BCUT2D eigenvalue weighted by molar-refractivity contribution is 5.58. The molecule has 0 radical (unpaired) electrons. The van der Waals surface area contributed by atoms with Gasteiger partial charge in [0.25, 0.3) is 5.89 Å². The van der Waals surface area contributed by atoms with Gasteiger partial charge in [0.05, 0.1) is 5.57 Å². The van der Waals surface area contributed by atoms with Crippen molar-refractivity contribution in [2.75, 3.05) is 0 Å². The van der Waals surface area contributed by atoms with Crippen molar-refractivity contribution in [2.45, 2.75) is 6.42 Å². The molecule has 3 heteroatoms. The van der Waals surface area contributed by atoms with Gasteiger partial charge in [0.1, 0.15) is 0 Å². The number of hydrogen-bond acceptors (Lipinski definition) is 2. The van der Waals surface area contributed by atoms with E-state index >= 15 is 0 Å². The molecule has 2 aromatic rings. The molecule has 0 amide bonds. The number of aromatic nitrogens is 2. The summed E-state index contributed by atoms with van der Waals surface area (Å²) in [6, 6.07) is 9.83. The van der Waals surface area contributed by atoms with Crippen LogP contribution in [-0.4, -0.2) is 5.10 Å². The first-order valence-corrected chi connectivity index (χ1v) is 5.83. The van der Waals surface area contributed by atoms with Crippen molar-refractivity contribution in [3.63, 3.8) is 0 Å². The molecule has 0 bridgehead atoms. The third kappa shape index (κ3) is 1.91. The van der Waals surface area contributed by atoms with Crippen molar-refractivity contribution in [3.05, 3.63) is 66.9 Å². The lowest BCUT2D eigenvalue weighted by Gasteiger charge is -1.94. The van der Waals surface area contributed by atoms with Gasteiger partial charge in [-0.1, -0.05) is 36.4 Å². The average molecular weight is 237 g/mol. The Balaban J connectivity index is 2.16. The quantitative estimate of drug-likeness (QED) is 0.710. The zero-order valence-electron chi connectivity index (χ0n) is 9.91. The van der Waals surface area contributed by atoms with E-state index in [-0.39, 0.29) is 0 Å². The molecule has 1 heterocycles. The lowest BCUT2D eigenvalue weighted by molar-refractivity contribution is -0.583. The van der Waals surface area contributed by atoms with E-state index in [2.05, 4.69) is 17.9 Å². The van der Waals surface area contributed by atoms with E-state index < -0.39 is 0 Å². The molecule has 1 aliphatic rings. The molecule has 18 heavy (non-hydrogen) atoms. The summed E-state index contributed by atoms with van der Waals surface area (Å²) in [6.07, 6.45) is 8.96. The first-order valence-electron chi connectivity index (χ1n) is 5.83. The molecule has 1 aromatic carbocycles. The first kappa shape index (κ1) is 10.7. The zero-order valence-corrected chi connectivity index (χ0v) is 9.91. The highest BCUT2D eigenvalue weighted by Gasteiger charge is 2.14. The standard InChI is InChI=1S/C15H13N2O/c1-17-15(13-10-6-3-7-11-13)18-14(16-17)12-8-4-2-5-9-12/h2-10H,1,11H2/q+1/b15-13+. The number of benzene rings is 1. The summed E-state index contributed by atoms with van der Waals surface area (Å²) in [7, 11) is 0. The Kier molecular flexibility index (Phi) is 2.65. The average Bonchev–Trinajstić information content (AvgIpc) is 2.83. The van der Waals surface area contributed by atoms with Gasteiger partial charge >= 0.3 is 5.55 Å². The van der Waals surface area contributed by atoms with Crippen molar-refractivity contribution in [1.29, 1.82) is 0 Å². The van der Waals surface area contributed by atoms with E-state index in [0.717, 1.165) is 17.6 Å². The van der Waals surface area contributed by atoms with E-state index in [1.165, 1.54) is 0 Å². The van der Waals surface area contributed by atoms with E-state index in [1.54, 1.807) is 4.36 Å². The van der Waals surface area contributed by atoms with Gasteiger partial charge in [0.2, 0.25) is 0 Å². The Bertz CT molecular complexity index is 724. The third-order valence-electron chi connectivity index (χ3n) is 2.82. The van der Waals surface area contributed by atoms with Crippen LogP contribution in [0.4, 0.5) is 0 Å². The van der Waals surface area contributed by atoms with Crippen molar-refractivity contribution in [1.82, 2.24) is 5.10 Å². The van der Waals surface area contributed by atoms with Gasteiger partial charge in [-0.15, -0.1) is 0 Å². The van der Waals surface area contributed by atoms with Crippen LogP contribution in [0.5, 0.6) is 0 Å². The van der Waals surface area contributed by atoms with E-state index in [9.17, 15) is 0 Å². The fourth-order valence-corrected chi connectivity index (χ4v) is 1.92. The number of hydrogen-bond donors (Lipinski definition) is 0. The monoisotopic (exact) mass is 237 g/mol. The lowest BCUT2D eigenvalue weighted by atomic mass is 10.1. The summed E-state index contributed by atoms with van der Waals surface area (Å²) in [5.74, 6) is 0.594. The van der Waals surface area contributed by atoms with Crippen LogP contribution in [-0.2, 0) is 0 Å². The lowest BCUT2D eigenvalue weighted by Crippen LogP contribution is -2.35. The Morgan fingerprint density at radius 2 is 2.00 bits per heavy atom. The van der Waals surface area contributed by atoms with Crippen molar-refractivity contribution >= 4 is 5.57 Å². The second-order valence-electron chi connectivity index (χ2n) is 4.09. The fraction of sp³-hybridized carbons (Fsp3) is 0.0667. The minimum absolute atomic E-state index is 0.594. The highest BCUT2D eigenvalue weighted by Crippen LogP contribution is 2.14. The van der Waals surface area contributed by atoms with Crippen molar-refractivity contribution in [2.24, 2.45) is 0 Å². The van der Waals surface area contributed by atoms with Gasteiger partial charge < -0.3 is 4.42 Å². The molecule has 3 nitrogen and oxygen atoms in total. The van der Waals surface area contributed by atoms with Crippen LogP contribution in [0.3, 0.4) is 0 Å². The highest BCUT2D eigenvalue weighted by atomic mass is 16.4. The van der Waals surface area contributed by atoms with Gasteiger partial charge in [0, 0.05) is 17.1 Å². The number of rotatable bonds is 1. The third-order valence-corrected chi connectivity index (χ3v) is 2.82. The molecule has 0 spiro atoms. The van der Waals surface area contributed by atoms with E-state index in [4.69, 9.17) is 4.42 Å². The Labute approximate surface area is 105 Å². The number of nitrogens with zero attached hydrogens (tertiary/aromatic N) is 2. The Morgan fingerprint density at radius 1 is 1.17 bits per heavy atom. The minimum atomic E-state index is 0.594. The largest absolute Gasteiger partial charge is 0.409 e. The van der Waals surface area contributed by atoms with Crippen LogP contribution in [0, 0.1) is 6.72 Å². The first-order chi connectivity index (χ1) is 8.84. The normalized spacial score (nSPS) is 17.1. The second kappa shape index (κ2) is 4.45. The molecule has 3 rings (SSSR count). The molecule has 1 aliphatic carbocycles.